The smallest absolute Gasteiger partial charge is 0.0480 e. The number of hydrogen-bond acceptors (Lipinski definition) is 0. The fourth-order valence-electron chi connectivity index (χ4n) is 3.11. The summed E-state index contributed by atoms with van der Waals surface area (Å²) in [5.74, 6) is 0. The first-order valence-electron chi connectivity index (χ1n) is 8.95. The van der Waals surface area contributed by atoms with Crippen LogP contribution >= 0.6 is 0 Å². The summed E-state index contributed by atoms with van der Waals surface area (Å²) in [6.07, 6.45) is 16.3. The van der Waals surface area contributed by atoms with Crippen LogP contribution in [-0.2, 0) is 6.54 Å². The summed E-state index contributed by atoms with van der Waals surface area (Å²) in [4.78, 5) is 0. The van der Waals surface area contributed by atoms with Gasteiger partial charge in [0.2, 0.25) is 0 Å². The highest BCUT2D eigenvalue weighted by Crippen LogP contribution is 2.16. The summed E-state index contributed by atoms with van der Waals surface area (Å²) in [7, 11) is 0. The van der Waals surface area contributed by atoms with Crippen molar-refractivity contribution in [3.63, 3.8) is 0 Å². The van der Waals surface area contributed by atoms with Crippen molar-refractivity contribution in [2.24, 2.45) is 0 Å². The number of nitrogens with zero attached hydrogens (tertiary/aromatic N) is 1. The molecule has 1 heteroatoms. The van der Waals surface area contributed by atoms with Gasteiger partial charge in [-0.25, -0.2) is 0 Å². The molecule has 0 spiro atoms. The monoisotopic (exact) mass is 285 g/mol. The third kappa shape index (κ3) is 5.57. The summed E-state index contributed by atoms with van der Waals surface area (Å²) in [5.41, 5.74) is 1.38. The van der Waals surface area contributed by atoms with Crippen LogP contribution in [0.4, 0.5) is 0 Å². The van der Waals surface area contributed by atoms with Crippen LogP contribution in [0.1, 0.15) is 71.1 Å². The fourth-order valence-corrected chi connectivity index (χ4v) is 3.11. The van der Waals surface area contributed by atoms with Gasteiger partial charge in [-0.3, -0.25) is 0 Å². The van der Waals surface area contributed by atoms with Crippen molar-refractivity contribution in [3.05, 3.63) is 36.5 Å². The number of aryl methyl sites for hydroxylation is 1. The number of benzene rings is 1. The first-order valence-corrected chi connectivity index (χ1v) is 8.95. The molecule has 0 radical (unpaired) electrons. The van der Waals surface area contributed by atoms with E-state index in [0.717, 1.165) is 0 Å². The van der Waals surface area contributed by atoms with Crippen molar-refractivity contribution in [3.8, 4) is 0 Å². The molecule has 0 saturated heterocycles. The Kier molecular flexibility index (Phi) is 7.42. The Labute approximate surface area is 130 Å². The number of rotatable bonds is 11. The van der Waals surface area contributed by atoms with E-state index in [2.05, 4.69) is 48.0 Å². The maximum Gasteiger partial charge on any atom is 0.0480 e. The normalized spacial score (nSPS) is 11.3. The zero-order chi connectivity index (χ0) is 14.8. The van der Waals surface area contributed by atoms with Gasteiger partial charge in [-0.1, -0.05) is 82.9 Å². The Balaban J connectivity index is 1.52. The second-order valence-corrected chi connectivity index (χ2v) is 6.25. The molecular formula is C20H31N. The van der Waals surface area contributed by atoms with E-state index in [1.165, 1.54) is 81.7 Å². The molecule has 0 atom stereocenters. The maximum atomic E-state index is 2.40. The quantitative estimate of drug-likeness (QED) is 0.412. The first kappa shape index (κ1) is 16.1. The SMILES string of the molecule is CCCCCCCCCCCCn1ccc2ccccc21. The standard InChI is InChI=1S/C20H31N/c1-2-3-4-5-6-7-8-9-10-13-17-21-18-16-19-14-11-12-15-20(19)21/h11-12,14-16,18H,2-10,13,17H2,1H3. The van der Waals surface area contributed by atoms with E-state index in [0.29, 0.717) is 0 Å². The van der Waals surface area contributed by atoms with Gasteiger partial charge in [0.15, 0.2) is 0 Å². The lowest BCUT2D eigenvalue weighted by atomic mass is 10.1. The third-order valence-electron chi connectivity index (χ3n) is 4.43. The Morgan fingerprint density at radius 2 is 1.33 bits per heavy atom. The van der Waals surface area contributed by atoms with Gasteiger partial charge in [0.05, 0.1) is 0 Å². The molecule has 21 heavy (non-hydrogen) atoms. The van der Waals surface area contributed by atoms with Crippen LogP contribution in [0.2, 0.25) is 0 Å². The predicted molar refractivity (Wildman–Crippen MR) is 93.8 cm³/mol. The molecule has 0 N–H and O–H groups in total. The predicted octanol–water partition coefficient (Wildman–Crippen LogP) is 6.56. The first-order chi connectivity index (χ1) is 10.4. The zero-order valence-corrected chi connectivity index (χ0v) is 13.7. The van der Waals surface area contributed by atoms with Gasteiger partial charge < -0.3 is 4.57 Å². The van der Waals surface area contributed by atoms with Crippen molar-refractivity contribution in [1.29, 1.82) is 0 Å². The summed E-state index contributed by atoms with van der Waals surface area (Å²) in [6.45, 7) is 3.46. The molecule has 0 unspecified atom stereocenters. The van der Waals surface area contributed by atoms with Crippen molar-refractivity contribution < 1.29 is 0 Å². The van der Waals surface area contributed by atoms with Gasteiger partial charge in [-0.05, 0) is 23.9 Å². The Morgan fingerprint density at radius 1 is 0.714 bits per heavy atom. The van der Waals surface area contributed by atoms with Crippen LogP contribution in [0.15, 0.2) is 36.5 Å². The fraction of sp³-hybridized carbons (Fsp3) is 0.600. The number of unbranched alkanes of at least 4 members (excludes halogenated alkanes) is 9. The van der Waals surface area contributed by atoms with Crippen LogP contribution in [0, 0.1) is 0 Å². The zero-order valence-electron chi connectivity index (χ0n) is 13.7. The molecule has 0 amide bonds. The van der Waals surface area contributed by atoms with E-state index in [1.807, 2.05) is 0 Å². The van der Waals surface area contributed by atoms with Gasteiger partial charge >= 0.3 is 0 Å². The largest absolute Gasteiger partial charge is 0.347 e. The second kappa shape index (κ2) is 9.65. The highest BCUT2D eigenvalue weighted by Gasteiger charge is 1.99. The van der Waals surface area contributed by atoms with Gasteiger partial charge in [-0.15, -0.1) is 0 Å². The minimum Gasteiger partial charge on any atom is -0.347 e. The molecule has 1 aromatic heterocycles. The molecule has 1 nitrogen and oxygen atoms in total. The lowest BCUT2D eigenvalue weighted by Gasteiger charge is -2.05. The Bertz CT molecular complexity index is 497. The second-order valence-electron chi connectivity index (χ2n) is 6.25. The molecule has 1 heterocycles. The van der Waals surface area contributed by atoms with E-state index in [1.54, 1.807) is 0 Å². The van der Waals surface area contributed by atoms with Crippen LogP contribution in [-0.4, -0.2) is 4.57 Å². The van der Waals surface area contributed by atoms with Crippen molar-refractivity contribution in [2.45, 2.75) is 77.7 Å². The van der Waals surface area contributed by atoms with Crippen LogP contribution in [0.3, 0.4) is 0 Å². The molecule has 0 aliphatic rings. The average Bonchev–Trinajstić information content (AvgIpc) is 2.92. The van der Waals surface area contributed by atoms with Gasteiger partial charge in [0.25, 0.3) is 0 Å². The van der Waals surface area contributed by atoms with E-state index >= 15 is 0 Å². The summed E-state index contributed by atoms with van der Waals surface area (Å²) in [5, 5.41) is 1.37. The Morgan fingerprint density at radius 3 is 2.05 bits per heavy atom. The minimum absolute atomic E-state index is 1.17. The number of hydrogen-bond donors (Lipinski definition) is 0. The van der Waals surface area contributed by atoms with Crippen LogP contribution in [0.5, 0.6) is 0 Å². The van der Waals surface area contributed by atoms with Crippen molar-refractivity contribution >= 4 is 10.9 Å². The Hall–Kier alpha value is -1.24. The summed E-state index contributed by atoms with van der Waals surface area (Å²) >= 11 is 0. The number of para-hydroxylation sites is 1. The minimum atomic E-state index is 1.17. The highest BCUT2D eigenvalue weighted by molar-refractivity contribution is 5.79. The van der Waals surface area contributed by atoms with Crippen molar-refractivity contribution in [2.75, 3.05) is 0 Å². The van der Waals surface area contributed by atoms with Crippen LogP contribution < -0.4 is 0 Å². The lowest BCUT2D eigenvalue weighted by molar-refractivity contribution is 0.538. The lowest BCUT2D eigenvalue weighted by Crippen LogP contribution is -1.95. The third-order valence-corrected chi connectivity index (χ3v) is 4.43. The van der Waals surface area contributed by atoms with Gasteiger partial charge in [-0.2, -0.15) is 0 Å². The van der Waals surface area contributed by atoms with Crippen molar-refractivity contribution in [1.82, 2.24) is 4.57 Å². The van der Waals surface area contributed by atoms with E-state index in [4.69, 9.17) is 0 Å². The highest BCUT2D eigenvalue weighted by atomic mass is 14.9. The van der Waals surface area contributed by atoms with E-state index in [-0.39, 0.29) is 0 Å². The molecule has 2 rings (SSSR count). The van der Waals surface area contributed by atoms with Gasteiger partial charge in [0, 0.05) is 18.3 Å². The summed E-state index contributed by atoms with van der Waals surface area (Å²) < 4.78 is 2.40. The summed E-state index contributed by atoms with van der Waals surface area (Å²) in [6, 6.07) is 10.9. The average molecular weight is 285 g/mol. The van der Waals surface area contributed by atoms with Gasteiger partial charge in [0.1, 0.15) is 0 Å². The number of aromatic nitrogens is 1. The molecular weight excluding hydrogens is 254 g/mol. The molecule has 0 aliphatic heterocycles. The molecule has 116 valence electrons. The molecule has 2 aromatic rings. The number of fused-ring (bicyclic) bond motifs is 1. The topological polar surface area (TPSA) is 4.93 Å². The van der Waals surface area contributed by atoms with E-state index < -0.39 is 0 Å². The van der Waals surface area contributed by atoms with E-state index in [9.17, 15) is 0 Å². The molecule has 1 aromatic carbocycles. The maximum absolute atomic E-state index is 2.40. The molecule has 0 saturated carbocycles. The van der Waals surface area contributed by atoms with Crippen LogP contribution in [0.25, 0.3) is 10.9 Å². The molecule has 0 fully saturated rings. The molecule has 0 aliphatic carbocycles. The molecule has 0 bridgehead atoms.